The Balaban J connectivity index is 3.05. The first-order valence-electron chi connectivity index (χ1n) is 9.53. The largest absolute Gasteiger partial charge is 0.393 e. The van der Waals surface area contributed by atoms with Crippen LogP contribution in [-0.2, 0) is 0 Å². The maximum Gasteiger partial charge on any atom is 0.0540 e. The topological polar surface area (TPSA) is 40.5 Å². The zero-order valence-corrected chi connectivity index (χ0v) is 14.7. The molecule has 0 aromatic rings. The Labute approximate surface area is 133 Å². The molecule has 0 saturated carbocycles. The first kappa shape index (κ1) is 20.9. The lowest BCUT2D eigenvalue weighted by molar-refractivity contribution is 0.148. The summed E-state index contributed by atoms with van der Waals surface area (Å²) >= 11 is 0. The van der Waals surface area contributed by atoms with Gasteiger partial charge in [-0.1, -0.05) is 84.0 Å². The lowest BCUT2D eigenvalue weighted by Crippen LogP contribution is -2.05. The SMILES string of the molecule is CCCCC(O)CCCCCCCCCCCCC(C)O. The van der Waals surface area contributed by atoms with Crippen LogP contribution in [0.25, 0.3) is 0 Å². The average Bonchev–Trinajstić information content (AvgIpc) is 2.45. The van der Waals surface area contributed by atoms with E-state index < -0.39 is 0 Å². The number of rotatable bonds is 16. The summed E-state index contributed by atoms with van der Waals surface area (Å²) in [6, 6.07) is 0. The molecule has 0 aliphatic heterocycles. The maximum absolute atomic E-state index is 9.74. The highest BCUT2D eigenvalue weighted by molar-refractivity contribution is 4.56. The summed E-state index contributed by atoms with van der Waals surface area (Å²) in [6.07, 6.45) is 18.2. The van der Waals surface area contributed by atoms with E-state index in [2.05, 4.69) is 6.92 Å². The van der Waals surface area contributed by atoms with Crippen molar-refractivity contribution in [3.05, 3.63) is 0 Å². The number of aliphatic hydroxyl groups is 2. The van der Waals surface area contributed by atoms with Gasteiger partial charge in [0.2, 0.25) is 0 Å². The zero-order valence-electron chi connectivity index (χ0n) is 14.7. The van der Waals surface area contributed by atoms with Crippen LogP contribution in [0.2, 0.25) is 0 Å². The van der Waals surface area contributed by atoms with Gasteiger partial charge < -0.3 is 10.2 Å². The van der Waals surface area contributed by atoms with E-state index in [9.17, 15) is 5.11 Å². The van der Waals surface area contributed by atoms with Crippen molar-refractivity contribution in [1.82, 2.24) is 0 Å². The quantitative estimate of drug-likeness (QED) is 0.364. The van der Waals surface area contributed by atoms with E-state index in [-0.39, 0.29) is 12.2 Å². The van der Waals surface area contributed by atoms with Gasteiger partial charge in [0.15, 0.2) is 0 Å². The normalized spacial score (nSPS) is 14.3. The van der Waals surface area contributed by atoms with Crippen LogP contribution in [0.5, 0.6) is 0 Å². The fraction of sp³-hybridized carbons (Fsp3) is 1.00. The van der Waals surface area contributed by atoms with Crippen molar-refractivity contribution in [2.24, 2.45) is 0 Å². The number of unbranched alkanes of at least 4 members (excludes halogenated alkanes) is 10. The van der Waals surface area contributed by atoms with E-state index >= 15 is 0 Å². The van der Waals surface area contributed by atoms with E-state index in [1.54, 1.807) is 0 Å². The highest BCUT2D eigenvalue weighted by Crippen LogP contribution is 2.14. The van der Waals surface area contributed by atoms with Crippen molar-refractivity contribution in [1.29, 1.82) is 0 Å². The minimum atomic E-state index is -0.120. The summed E-state index contributed by atoms with van der Waals surface area (Å²) in [5.41, 5.74) is 0. The Morgan fingerprint density at radius 2 is 0.952 bits per heavy atom. The van der Waals surface area contributed by atoms with Crippen LogP contribution in [0.4, 0.5) is 0 Å². The van der Waals surface area contributed by atoms with Crippen LogP contribution in [0.1, 0.15) is 110 Å². The van der Waals surface area contributed by atoms with Gasteiger partial charge in [0, 0.05) is 0 Å². The molecule has 0 rings (SSSR count). The fourth-order valence-corrected chi connectivity index (χ4v) is 2.82. The molecule has 0 fully saturated rings. The Bertz CT molecular complexity index is 192. The van der Waals surface area contributed by atoms with Crippen molar-refractivity contribution < 1.29 is 10.2 Å². The van der Waals surface area contributed by atoms with Gasteiger partial charge in [0.05, 0.1) is 12.2 Å². The molecule has 0 radical (unpaired) electrons. The van der Waals surface area contributed by atoms with E-state index in [1.807, 2.05) is 6.92 Å². The van der Waals surface area contributed by atoms with E-state index in [0.717, 1.165) is 19.3 Å². The zero-order chi connectivity index (χ0) is 15.8. The first-order chi connectivity index (χ1) is 10.2. The molecule has 2 heteroatoms. The monoisotopic (exact) mass is 300 g/mol. The molecule has 2 atom stereocenters. The van der Waals surface area contributed by atoms with E-state index in [1.165, 1.54) is 77.0 Å². The summed E-state index contributed by atoms with van der Waals surface area (Å²) in [5.74, 6) is 0. The summed E-state index contributed by atoms with van der Waals surface area (Å²) in [7, 11) is 0. The standard InChI is InChI=1S/C19H40O2/c1-3-4-16-19(21)17-14-12-10-8-6-5-7-9-11-13-15-18(2)20/h18-21H,3-17H2,1-2H3. The molecule has 21 heavy (non-hydrogen) atoms. The Morgan fingerprint density at radius 3 is 1.38 bits per heavy atom. The Kier molecular flexibility index (Phi) is 16.2. The minimum Gasteiger partial charge on any atom is -0.393 e. The highest BCUT2D eigenvalue weighted by atomic mass is 16.3. The Hall–Kier alpha value is -0.0800. The highest BCUT2D eigenvalue weighted by Gasteiger charge is 2.02. The van der Waals surface area contributed by atoms with Crippen LogP contribution in [-0.4, -0.2) is 22.4 Å². The second-order valence-corrected chi connectivity index (χ2v) is 6.76. The van der Waals surface area contributed by atoms with Crippen LogP contribution < -0.4 is 0 Å². The smallest absolute Gasteiger partial charge is 0.0540 e. The van der Waals surface area contributed by atoms with Gasteiger partial charge in [-0.25, -0.2) is 0 Å². The molecule has 128 valence electrons. The van der Waals surface area contributed by atoms with Gasteiger partial charge in [0.1, 0.15) is 0 Å². The fourth-order valence-electron chi connectivity index (χ4n) is 2.82. The summed E-state index contributed by atoms with van der Waals surface area (Å²) in [5, 5.41) is 18.9. The molecule has 0 aliphatic rings. The molecule has 0 bridgehead atoms. The van der Waals surface area contributed by atoms with Gasteiger partial charge in [-0.05, 0) is 26.2 Å². The first-order valence-corrected chi connectivity index (χ1v) is 9.53. The molecule has 2 N–H and O–H groups in total. The average molecular weight is 301 g/mol. The third-order valence-corrected chi connectivity index (χ3v) is 4.30. The van der Waals surface area contributed by atoms with Gasteiger partial charge in [0.25, 0.3) is 0 Å². The molecular formula is C19H40O2. The molecular weight excluding hydrogens is 260 g/mol. The van der Waals surface area contributed by atoms with Gasteiger partial charge in [-0.3, -0.25) is 0 Å². The van der Waals surface area contributed by atoms with Crippen molar-refractivity contribution in [2.45, 2.75) is 122 Å². The molecule has 2 nitrogen and oxygen atoms in total. The molecule has 0 amide bonds. The van der Waals surface area contributed by atoms with Gasteiger partial charge in [-0.15, -0.1) is 0 Å². The number of hydrogen-bond acceptors (Lipinski definition) is 2. The van der Waals surface area contributed by atoms with E-state index in [4.69, 9.17) is 5.11 Å². The van der Waals surface area contributed by atoms with Crippen molar-refractivity contribution in [3.8, 4) is 0 Å². The lowest BCUT2D eigenvalue weighted by Gasteiger charge is -2.09. The third kappa shape index (κ3) is 17.9. The van der Waals surface area contributed by atoms with Crippen molar-refractivity contribution in [3.63, 3.8) is 0 Å². The van der Waals surface area contributed by atoms with Crippen molar-refractivity contribution in [2.75, 3.05) is 0 Å². The molecule has 0 heterocycles. The second-order valence-electron chi connectivity index (χ2n) is 6.76. The van der Waals surface area contributed by atoms with E-state index in [0.29, 0.717) is 0 Å². The van der Waals surface area contributed by atoms with Crippen LogP contribution in [0.3, 0.4) is 0 Å². The van der Waals surface area contributed by atoms with Crippen LogP contribution >= 0.6 is 0 Å². The summed E-state index contributed by atoms with van der Waals surface area (Å²) < 4.78 is 0. The second kappa shape index (κ2) is 16.3. The number of hydrogen-bond donors (Lipinski definition) is 2. The molecule has 0 aliphatic carbocycles. The van der Waals surface area contributed by atoms with Crippen LogP contribution in [0.15, 0.2) is 0 Å². The van der Waals surface area contributed by atoms with Crippen molar-refractivity contribution >= 4 is 0 Å². The molecule has 2 unspecified atom stereocenters. The van der Waals surface area contributed by atoms with Gasteiger partial charge in [-0.2, -0.15) is 0 Å². The molecule has 0 aromatic heterocycles. The number of aliphatic hydroxyl groups excluding tert-OH is 2. The lowest BCUT2D eigenvalue weighted by atomic mass is 10.0. The Morgan fingerprint density at radius 1 is 0.571 bits per heavy atom. The molecule has 0 spiro atoms. The summed E-state index contributed by atoms with van der Waals surface area (Å²) in [6.45, 7) is 4.06. The molecule has 0 aromatic carbocycles. The maximum atomic E-state index is 9.74. The minimum absolute atomic E-state index is 0.0495. The summed E-state index contributed by atoms with van der Waals surface area (Å²) in [4.78, 5) is 0. The van der Waals surface area contributed by atoms with Gasteiger partial charge >= 0.3 is 0 Å². The predicted octanol–water partition coefficient (Wildman–Crippen LogP) is 5.60. The predicted molar refractivity (Wildman–Crippen MR) is 92.6 cm³/mol. The third-order valence-electron chi connectivity index (χ3n) is 4.30. The molecule has 0 saturated heterocycles. The van der Waals surface area contributed by atoms with Crippen LogP contribution in [0, 0.1) is 0 Å².